The summed E-state index contributed by atoms with van der Waals surface area (Å²) < 4.78 is 73.2. The standard InChI is InChI=1S/C22H23F3N2O5S/c1-14-11-16(21(29)32-2)8-9-19(14)33(30,31)26-18(13-27-10-4-7-20(27)28)15-5-3-6-17(12-15)22(23,24)25/h3,5-6,8-9,11-12,18,26H,4,7,10,13H2,1-2H3. The van der Waals surface area contributed by atoms with E-state index in [9.17, 15) is 31.2 Å². The van der Waals surface area contributed by atoms with Crippen LogP contribution in [0, 0.1) is 6.92 Å². The van der Waals surface area contributed by atoms with Gasteiger partial charge in [-0.25, -0.2) is 17.9 Å². The van der Waals surface area contributed by atoms with Crippen LogP contribution in [0.3, 0.4) is 0 Å². The number of halogens is 3. The minimum atomic E-state index is -4.61. The Labute approximate surface area is 189 Å². The van der Waals surface area contributed by atoms with Crippen LogP contribution >= 0.6 is 0 Å². The lowest BCUT2D eigenvalue weighted by atomic mass is 10.0. The van der Waals surface area contributed by atoms with E-state index in [4.69, 9.17) is 0 Å². The summed E-state index contributed by atoms with van der Waals surface area (Å²) in [6.07, 6.45) is -3.71. The number of rotatable bonds is 7. The van der Waals surface area contributed by atoms with Crippen molar-refractivity contribution in [1.29, 1.82) is 0 Å². The molecule has 1 aliphatic rings. The average Bonchev–Trinajstić information content (AvgIpc) is 3.16. The van der Waals surface area contributed by atoms with Gasteiger partial charge in [-0.1, -0.05) is 12.1 Å². The van der Waals surface area contributed by atoms with Crippen LogP contribution in [0.25, 0.3) is 0 Å². The quantitative estimate of drug-likeness (QED) is 0.608. The van der Waals surface area contributed by atoms with Gasteiger partial charge in [0.25, 0.3) is 0 Å². The summed E-state index contributed by atoms with van der Waals surface area (Å²) in [5.74, 6) is -0.825. The fourth-order valence-electron chi connectivity index (χ4n) is 3.71. The summed E-state index contributed by atoms with van der Waals surface area (Å²) >= 11 is 0. The van der Waals surface area contributed by atoms with Crippen LogP contribution in [-0.4, -0.2) is 45.4 Å². The molecule has 1 aliphatic heterocycles. The molecule has 1 fully saturated rings. The number of aryl methyl sites for hydroxylation is 1. The van der Waals surface area contributed by atoms with Crippen molar-refractivity contribution in [2.24, 2.45) is 0 Å². The van der Waals surface area contributed by atoms with E-state index >= 15 is 0 Å². The first-order chi connectivity index (χ1) is 15.4. The van der Waals surface area contributed by atoms with Gasteiger partial charge in [0.05, 0.1) is 29.2 Å². The second kappa shape index (κ2) is 9.52. The number of sulfonamides is 1. The number of amides is 1. The molecular formula is C22H23F3N2O5S. The van der Waals surface area contributed by atoms with Crippen molar-refractivity contribution in [3.63, 3.8) is 0 Å². The van der Waals surface area contributed by atoms with Crippen LogP contribution in [0.15, 0.2) is 47.4 Å². The first kappa shape index (κ1) is 24.7. The number of ether oxygens (including phenoxy) is 1. The smallest absolute Gasteiger partial charge is 0.416 e. The Morgan fingerprint density at radius 2 is 1.94 bits per heavy atom. The van der Waals surface area contributed by atoms with Crippen molar-refractivity contribution in [2.75, 3.05) is 20.2 Å². The summed E-state index contributed by atoms with van der Waals surface area (Å²) in [4.78, 5) is 25.1. The second-order valence-electron chi connectivity index (χ2n) is 7.71. The number of esters is 1. The molecule has 0 spiro atoms. The summed E-state index contributed by atoms with van der Waals surface area (Å²) in [6, 6.07) is 7.11. The van der Waals surface area contributed by atoms with E-state index in [1.807, 2.05) is 0 Å². The molecule has 0 saturated carbocycles. The van der Waals surface area contributed by atoms with E-state index in [-0.39, 0.29) is 34.0 Å². The van der Waals surface area contributed by atoms with Crippen LogP contribution in [0.2, 0.25) is 0 Å². The number of alkyl halides is 3. The van der Waals surface area contributed by atoms with Crippen LogP contribution in [0.1, 0.15) is 45.9 Å². The molecule has 2 aromatic carbocycles. The molecule has 3 rings (SSSR count). The van der Waals surface area contributed by atoms with Gasteiger partial charge in [-0.2, -0.15) is 13.2 Å². The lowest BCUT2D eigenvalue weighted by molar-refractivity contribution is -0.137. The lowest BCUT2D eigenvalue weighted by Crippen LogP contribution is -2.38. The van der Waals surface area contributed by atoms with Gasteiger partial charge < -0.3 is 9.64 Å². The Bertz CT molecular complexity index is 1160. The van der Waals surface area contributed by atoms with Crippen molar-refractivity contribution in [3.05, 3.63) is 64.7 Å². The molecule has 7 nitrogen and oxygen atoms in total. The molecule has 1 N–H and O–H groups in total. The lowest BCUT2D eigenvalue weighted by Gasteiger charge is -2.26. The number of nitrogens with zero attached hydrogens (tertiary/aromatic N) is 1. The molecule has 1 heterocycles. The van der Waals surface area contributed by atoms with Crippen molar-refractivity contribution in [3.8, 4) is 0 Å². The topological polar surface area (TPSA) is 92.8 Å². The Kier molecular flexibility index (Phi) is 7.13. The number of carbonyl (C=O) groups is 2. The molecule has 11 heteroatoms. The second-order valence-corrected chi connectivity index (χ2v) is 9.39. The molecule has 1 atom stereocenters. The Morgan fingerprint density at radius 1 is 1.21 bits per heavy atom. The molecule has 33 heavy (non-hydrogen) atoms. The fourth-order valence-corrected chi connectivity index (χ4v) is 5.15. The highest BCUT2D eigenvalue weighted by molar-refractivity contribution is 7.89. The summed E-state index contributed by atoms with van der Waals surface area (Å²) in [5, 5.41) is 0. The van der Waals surface area contributed by atoms with Gasteiger partial charge in [0.2, 0.25) is 15.9 Å². The Balaban J connectivity index is 1.97. The molecule has 0 bridgehead atoms. The minimum Gasteiger partial charge on any atom is -0.465 e. The highest BCUT2D eigenvalue weighted by Crippen LogP contribution is 2.32. The first-order valence-corrected chi connectivity index (χ1v) is 11.6. The van der Waals surface area contributed by atoms with Crippen molar-refractivity contribution >= 4 is 21.9 Å². The van der Waals surface area contributed by atoms with Gasteiger partial charge >= 0.3 is 12.1 Å². The number of hydrogen-bond donors (Lipinski definition) is 1. The number of likely N-dealkylation sites (tertiary alicyclic amines) is 1. The van der Waals surface area contributed by atoms with E-state index in [1.165, 1.54) is 49.3 Å². The SMILES string of the molecule is COC(=O)c1ccc(S(=O)(=O)NC(CN2CCCC2=O)c2cccc(C(F)(F)F)c2)c(C)c1. The maximum absolute atomic E-state index is 13.2. The number of hydrogen-bond acceptors (Lipinski definition) is 5. The number of benzene rings is 2. The highest BCUT2D eigenvalue weighted by Gasteiger charge is 2.33. The normalized spacial score (nSPS) is 15.5. The van der Waals surface area contributed by atoms with E-state index in [0.29, 0.717) is 19.4 Å². The highest BCUT2D eigenvalue weighted by atomic mass is 32.2. The molecule has 2 aromatic rings. The van der Waals surface area contributed by atoms with Crippen LogP contribution in [0.4, 0.5) is 13.2 Å². The molecule has 0 radical (unpaired) electrons. The third-order valence-corrected chi connectivity index (χ3v) is 7.01. The molecular weight excluding hydrogens is 461 g/mol. The largest absolute Gasteiger partial charge is 0.465 e. The van der Waals surface area contributed by atoms with Gasteiger partial charge in [0, 0.05) is 19.5 Å². The number of methoxy groups -OCH3 is 1. The molecule has 1 saturated heterocycles. The summed E-state index contributed by atoms with van der Waals surface area (Å²) in [7, 11) is -3.02. The van der Waals surface area contributed by atoms with Crippen LogP contribution in [0.5, 0.6) is 0 Å². The predicted molar refractivity (Wildman–Crippen MR) is 113 cm³/mol. The van der Waals surface area contributed by atoms with Gasteiger partial charge in [0.1, 0.15) is 0 Å². The van der Waals surface area contributed by atoms with Gasteiger partial charge in [-0.3, -0.25) is 4.79 Å². The Hall–Kier alpha value is -2.92. The average molecular weight is 484 g/mol. The molecule has 0 aromatic heterocycles. The number of carbonyl (C=O) groups excluding carboxylic acids is 2. The molecule has 1 amide bonds. The predicted octanol–water partition coefficient (Wildman–Crippen LogP) is 3.44. The fraction of sp³-hybridized carbons (Fsp3) is 0.364. The van der Waals surface area contributed by atoms with Crippen molar-refractivity contribution in [1.82, 2.24) is 9.62 Å². The van der Waals surface area contributed by atoms with E-state index in [2.05, 4.69) is 9.46 Å². The molecule has 0 aliphatic carbocycles. The Morgan fingerprint density at radius 3 is 2.52 bits per heavy atom. The molecule has 178 valence electrons. The first-order valence-electron chi connectivity index (χ1n) is 10.1. The van der Waals surface area contributed by atoms with Crippen LogP contribution in [-0.2, 0) is 25.7 Å². The van der Waals surface area contributed by atoms with E-state index in [1.54, 1.807) is 0 Å². The summed E-state index contributed by atoms with van der Waals surface area (Å²) in [5.41, 5.74) is -0.427. The van der Waals surface area contributed by atoms with Gasteiger partial charge in [-0.05, 0) is 54.8 Å². The minimum absolute atomic E-state index is 0.0805. The van der Waals surface area contributed by atoms with Crippen molar-refractivity contribution in [2.45, 2.75) is 36.9 Å². The van der Waals surface area contributed by atoms with Crippen molar-refractivity contribution < 1.29 is 35.9 Å². The summed E-state index contributed by atoms with van der Waals surface area (Å²) in [6.45, 7) is 1.77. The maximum Gasteiger partial charge on any atom is 0.416 e. The van der Waals surface area contributed by atoms with E-state index in [0.717, 1.165) is 12.1 Å². The zero-order valence-corrected chi connectivity index (χ0v) is 18.8. The molecule has 1 unspecified atom stereocenters. The maximum atomic E-state index is 13.2. The van der Waals surface area contributed by atoms with E-state index < -0.39 is 33.8 Å². The zero-order valence-electron chi connectivity index (χ0n) is 18.0. The van der Waals surface area contributed by atoms with Gasteiger partial charge in [-0.15, -0.1) is 0 Å². The van der Waals surface area contributed by atoms with Gasteiger partial charge in [0.15, 0.2) is 0 Å². The van der Waals surface area contributed by atoms with Crippen LogP contribution < -0.4 is 4.72 Å². The zero-order chi connectivity index (χ0) is 24.4. The monoisotopic (exact) mass is 484 g/mol. The third kappa shape index (κ3) is 5.72. The third-order valence-electron chi connectivity index (χ3n) is 5.37. The number of nitrogens with one attached hydrogen (secondary N) is 1.